The first kappa shape index (κ1) is 19.7. The molecule has 2 heterocycles. The van der Waals surface area contributed by atoms with Crippen LogP contribution >= 0.6 is 12.2 Å². The minimum atomic E-state index is -0.227. The van der Waals surface area contributed by atoms with Crippen molar-refractivity contribution >= 4 is 18.1 Å². The molecule has 2 N–H and O–H groups in total. The number of primary amides is 1. The molecule has 1 amide bonds. The van der Waals surface area contributed by atoms with E-state index in [4.69, 9.17) is 27.8 Å². The number of amides is 1. The average Bonchev–Trinajstić information content (AvgIpc) is 2.96. The van der Waals surface area contributed by atoms with Crippen LogP contribution in [-0.2, 0) is 22.7 Å². The third kappa shape index (κ3) is 4.63. The third-order valence-corrected chi connectivity index (χ3v) is 5.39. The number of nitrogens with zero attached hydrogens (tertiary/aromatic N) is 4. The normalized spacial score (nSPS) is 17.9. The molecule has 1 unspecified atom stereocenters. The van der Waals surface area contributed by atoms with Crippen LogP contribution in [0.2, 0.25) is 0 Å². The van der Waals surface area contributed by atoms with Crippen LogP contribution < -0.4 is 5.73 Å². The Morgan fingerprint density at radius 2 is 2.26 bits per heavy atom. The minimum absolute atomic E-state index is 0.0975. The second kappa shape index (κ2) is 8.77. The van der Waals surface area contributed by atoms with Gasteiger partial charge in [-0.25, -0.2) is 4.68 Å². The number of benzene rings is 1. The first-order chi connectivity index (χ1) is 13.0. The molecule has 146 valence electrons. The summed E-state index contributed by atoms with van der Waals surface area (Å²) in [5, 5.41) is 4.80. The molecule has 8 heteroatoms. The molecule has 1 aromatic carbocycles. The third-order valence-electron chi connectivity index (χ3n) is 4.96. The monoisotopic (exact) mass is 389 g/mol. The van der Waals surface area contributed by atoms with Gasteiger partial charge in [-0.1, -0.05) is 23.8 Å². The second-order valence-electron chi connectivity index (χ2n) is 7.08. The molecule has 1 aliphatic rings. The van der Waals surface area contributed by atoms with Crippen molar-refractivity contribution in [2.45, 2.75) is 33.0 Å². The van der Waals surface area contributed by atoms with E-state index in [2.05, 4.69) is 24.0 Å². The summed E-state index contributed by atoms with van der Waals surface area (Å²) >= 11 is 5.70. The van der Waals surface area contributed by atoms with E-state index in [1.807, 2.05) is 21.4 Å². The Hall–Kier alpha value is -2.03. The van der Waals surface area contributed by atoms with E-state index < -0.39 is 0 Å². The highest BCUT2D eigenvalue weighted by Gasteiger charge is 2.25. The zero-order chi connectivity index (χ0) is 19.4. The maximum Gasteiger partial charge on any atom is 0.221 e. The molecular formula is C19H27N5O2S. The van der Waals surface area contributed by atoms with Gasteiger partial charge >= 0.3 is 0 Å². The summed E-state index contributed by atoms with van der Waals surface area (Å²) in [5.74, 6) is 0.512. The van der Waals surface area contributed by atoms with Crippen molar-refractivity contribution in [2.24, 2.45) is 11.7 Å². The molecule has 2 aromatic rings. The van der Waals surface area contributed by atoms with E-state index in [1.165, 1.54) is 5.56 Å². The van der Waals surface area contributed by atoms with Gasteiger partial charge in [0.2, 0.25) is 5.91 Å². The fraction of sp³-hybridized carbons (Fsp3) is 0.526. The largest absolute Gasteiger partial charge is 0.383 e. The van der Waals surface area contributed by atoms with Crippen LogP contribution in [0.1, 0.15) is 18.4 Å². The highest BCUT2D eigenvalue weighted by atomic mass is 32.1. The van der Waals surface area contributed by atoms with Gasteiger partial charge in [-0.05, 0) is 44.6 Å². The molecule has 1 aliphatic heterocycles. The van der Waals surface area contributed by atoms with Crippen molar-refractivity contribution in [3.8, 4) is 11.4 Å². The molecule has 0 saturated carbocycles. The Morgan fingerprint density at radius 3 is 2.96 bits per heavy atom. The van der Waals surface area contributed by atoms with Gasteiger partial charge in [-0.3, -0.25) is 14.3 Å². The number of nitrogens with two attached hydrogens (primary N) is 1. The number of hydrogen-bond donors (Lipinski definition) is 1. The summed E-state index contributed by atoms with van der Waals surface area (Å²) in [5.41, 5.74) is 7.70. The number of ether oxygens (including phenoxy) is 1. The maximum atomic E-state index is 11.5. The molecule has 1 aromatic heterocycles. The zero-order valence-electron chi connectivity index (χ0n) is 15.9. The van der Waals surface area contributed by atoms with Crippen molar-refractivity contribution in [3.05, 3.63) is 34.6 Å². The molecule has 0 spiro atoms. The molecule has 7 nitrogen and oxygen atoms in total. The lowest BCUT2D eigenvalue weighted by Crippen LogP contribution is -2.42. The standard InChI is InChI=1S/C19H27N5O2S/c1-14-5-3-6-15(11-14)18-21-24(19(27)23(18)9-10-26-2)13-22-8-4-7-16(12-22)17(20)25/h3,5-6,11,16H,4,7-10,12-13H2,1-2H3,(H2,20,25). The number of piperidine rings is 1. The molecule has 1 atom stereocenters. The molecule has 27 heavy (non-hydrogen) atoms. The van der Waals surface area contributed by atoms with Gasteiger partial charge in [0.25, 0.3) is 0 Å². The van der Waals surface area contributed by atoms with Crippen molar-refractivity contribution in [1.82, 2.24) is 19.2 Å². The van der Waals surface area contributed by atoms with Crippen LogP contribution in [0, 0.1) is 17.6 Å². The van der Waals surface area contributed by atoms with E-state index in [9.17, 15) is 4.79 Å². The van der Waals surface area contributed by atoms with Crippen LogP contribution in [0.15, 0.2) is 24.3 Å². The fourth-order valence-electron chi connectivity index (χ4n) is 3.52. The summed E-state index contributed by atoms with van der Waals surface area (Å²) in [6, 6.07) is 8.23. The maximum absolute atomic E-state index is 11.5. The molecule has 0 bridgehead atoms. The molecule has 1 saturated heterocycles. The number of hydrogen-bond acceptors (Lipinski definition) is 5. The Bertz CT molecular complexity index is 860. The number of carbonyl (C=O) groups excluding carboxylic acids is 1. The van der Waals surface area contributed by atoms with Crippen LogP contribution in [0.4, 0.5) is 0 Å². The number of rotatable bonds is 7. The first-order valence-corrected chi connectivity index (χ1v) is 9.65. The number of likely N-dealkylation sites (tertiary alicyclic amines) is 1. The van der Waals surface area contributed by atoms with Crippen molar-refractivity contribution < 1.29 is 9.53 Å². The van der Waals surface area contributed by atoms with Crippen LogP contribution in [0.3, 0.4) is 0 Å². The lowest BCUT2D eigenvalue weighted by molar-refractivity contribution is -0.123. The summed E-state index contributed by atoms with van der Waals surface area (Å²) in [6.07, 6.45) is 1.81. The highest BCUT2D eigenvalue weighted by Crippen LogP contribution is 2.21. The summed E-state index contributed by atoms with van der Waals surface area (Å²) in [4.78, 5) is 13.7. The fourth-order valence-corrected chi connectivity index (χ4v) is 3.80. The van der Waals surface area contributed by atoms with Gasteiger partial charge in [0.1, 0.15) is 0 Å². The molecule has 3 rings (SSSR count). The lowest BCUT2D eigenvalue weighted by atomic mass is 9.98. The van der Waals surface area contributed by atoms with Gasteiger partial charge < -0.3 is 10.5 Å². The van der Waals surface area contributed by atoms with E-state index in [0.717, 1.165) is 30.8 Å². The lowest BCUT2D eigenvalue weighted by Gasteiger charge is -2.30. The Balaban J connectivity index is 1.89. The van der Waals surface area contributed by atoms with Gasteiger partial charge in [-0.2, -0.15) is 5.10 Å². The Morgan fingerprint density at radius 1 is 1.44 bits per heavy atom. The Kier molecular flexibility index (Phi) is 6.41. The number of aromatic nitrogens is 3. The molecule has 1 fully saturated rings. The van der Waals surface area contributed by atoms with Gasteiger partial charge in [0.05, 0.1) is 25.7 Å². The predicted octanol–water partition coefficient (Wildman–Crippen LogP) is 2.19. The first-order valence-electron chi connectivity index (χ1n) is 9.25. The van der Waals surface area contributed by atoms with Crippen LogP contribution in [0.25, 0.3) is 11.4 Å². The summed E-state index contributed by atoms with van der Waals surface area (Å²) < 4.78 is 9.76. The second-order valence-corrected chi connectivity index (χ2v) is 7.44. The molecule has 0 aliphatic carbocycles. The van der Waals surface area contributed by atoms with Crippen molar-refractivity contribution in [3.63, 3.8) is 0 Å². The van der Waals surface area contributed by atoms with Crippen molar-refractivity contribution in [1.29, 1.82) is 0 Å². The number of carbonyl (C=O) groups is 1. The molecule has 0 radical (unpaired) electrons. The van der Waals surface area contributed by atoms with E-state index in [0.29, 0.717) is 31.1 Å². The Labute approximate surface area is 164 Å². The average molecular weight is 390 g/mol. The summed E-state index contributed by atoms with van der Waals surface area (Å²) in [6.45, 7) is 5.39. The summed E-state index contributed by atoms with van der Waals surface area (Å²) in [7, 11) is 1.68. The van der Waals surface area contributed by atoms with E-state index in [1.54, 1.807) is 7.11 Å². The van der Waals surface area contributed by atoms with Crippen molar-refractivity contribution in [2.75, 3.05) is 26.8 Å². The van der Waals surface area contributed by atoms with Gasteiger partial charge in [0, 0.05) is 19.2 Å². The highest BCUT2D eigenvalue weighted by molar-refractivity contribution is 7.71. The topological polar surface area (TPSA) is 78.3 Å². The predicted molar refractivity (Wildman–Crippen MR) is 107 cm³/mol. The van der Waals surface area contributed by atoms with Gasteiger partial charge in [-0.15, -0.1) is 0 Å². The van der Waals surface area contributed by atoms with Crippen LogP contribution in [-0.4, -0.2) is 52.0 Å². The SMILES string of the molecule is COCCn1c(-c2cccc(C)c2)nn(CN2CCCC(C(N)=O)C2)c1=S. The zero-order valence-corrected chi connectivity index (χ0v) is 16.7. The quantitative estimate of drug-likeness (QED) is 0.735. The smallest absolute Gasteiger partial charge is 0.221 e. The number of methoxy groups -OCH3 is 1. The van der Waals surface area contributed by atoms with Crippen LogP contribution in [0.5, 0.6) is 0 Å². The minimum Gasteiger partial charge on any atom is -0.383 e. The van der Waals surface area contributed by atoms with E-state index >= 15 is 0 Å². The van der Waals surface area contributed by atoms with Gasteiger partial charge in [0.15, 0.2) is 10.6 Å². The molecular weight excluding hydrogens is 362 g/mol. The number of aryl methyl sites for hydroxylation is 1. The van der Waals surface area contributed by atoms with E-state index in [-0.39, 0.29) is 11.8 Å².